The van der Waals surface area contributed by atoms with Crippen LogP contribution in [0.5, 0.6) is 5.75 Å². The van der Waals surface area contributed by atoms with Gasteiger partial charge in [-0.15, -0.1) is 0 Å². The van der Waals surface area contributed by atoms with E-state index < -0.39 is 11.7 Å². The zero-order valence-electron chi connectivity index (χ0n) is 22.6. The van der Waals surface area contributed by atoms with Crippen LogP contribution in [0, 0.1) is 23.7 Å². The molecule has 0 radical (unpaired) electrons. The second kappa shape index (κ2) is 9.93. The van der Waals surface area contributed by atoms with Gasteiger partial charge < -0.3 is 19.3 Å². The molecule has 4 aromatic rings. The van der Waals surface area contributed by atoms with E-state index in [4.69, 9.17) is 9.47 Å². The molecular formula is C29H27F3N6O4. The molecule has 1 N–H and O–H groups in total. The van der Waals surface area contributed by atoms with Gasteiger partial charge >= 0.3 is 6.18 Å². The van der Waals surface area contributed by atoms with Crippen molar-refractivity contribution >= 4 is 33.8 Å². The van der Waals surface area contributed by atoms with E-state index in [9.17, 15) is 22.8 Å². The normalized spacial score (nSPS) is 23.2. The van der Waals surface area contributed by atoms with E-state index in [0.717, 1.165) is 12.1 Å². The lowest BCUT2D eigenvalue weighted by molar-refractivity contribution is -0.137. The molecule has 2 aliphatic heterocycles. The van der Waals surface area contributed by atoms with E-state index in [1.807, 2.05) is 4.90 Å². The van der Waals surface area contributed by atoms with Crippen LogP contribution in [0.2, 0.25) is 0 Å². The minimum absolute atomic E-state index is 0.0418. The number of amides is 2. The molecule has 1 saturated carbocycles. The van der Waals surface area contributed by atoms with Gasteiger partial charge in [0.2, 0.25) is 0 Å². The highest BCUT2D eigenvalue weighted by Gasteiger charge is 2.59. The Morgan fingerprint density at radius 2 is 1.52 bits per heavy atom. The fourth-order valence-corrected chi connectivity index (χ4v) is 6.86. The molecule has 3 fully saturated rings. The topological polar surface area (TPSA) is 114 Å². The fraction of sp³-hybridized carbons (Fsp3) is 0.414. The van der Waals surface area contributed by atoms with Gasteiger partial charge in [0.05, 0.1) is 17.7 Å². The van der Waals surface area contributed by atoms with Crippen molar-refractivity contribution in [2.24, 2.45) is 23.7 Å². The standard InChI is InChI=1S/C29H27F3N6O4/c1-41-6-7-42-26-10-25(33-23-9-16(29(30,31)32)3-4-17(23)26)28(40)38-13-20-18-11-37(12-19(18)21(20)14-38)27(39)15-2-5-22-24(8-15)35-36-34-22/h2-5,8-10,18-21H,6-7,11-14H2,1H3,(H,34,35,36)/t18-,19+,20+,21-. The van der Waals surface area contributed by atoms with Gasteiger partial charge in [-0.3, -0.25) is 9.59 Å². The van der Waals surface area contributed by atoms with Crippen molar-refractivity contribution in [1.29, 1.82) is 0 Å². The number of fused-ring (bicyclic) bond motifs is 6. The number of hydrogen-bond acceptors (Lipinski definition) is 7. The lowest BCUT2D eigenvalue weighted by Gasteiger charge is -2.42. The number of alkyl halides is 3. The molecule has 2 aromatic heterocycles. The highest BCUT2D eigenvalue weighted by molar-refractivity contribution is 5.98. The summed E-state index contributed by atoms with van der Waals surface area (Å²) in [5, 5.41) is 11.0. The first-order chi connectivity index (χ1) is 20.2. The van der Waals surface area contributed by atoms with Gasteiger partial charge in [0.25, 0.3) is 11.8 Å². The van der Waals surface area contributed by atoms with Gasteiger partial charge in [-0.25, -0.2) is 4.98 Å². The SMILES string of the molecule is COCCOc1cc(C(=O)N2C[C@@H]3[C@H]4CN(C(=O)c5ccc6n[nH]nc6c5)C[C@H]4[C@@H]3C2)nc2cc(C(F)(F)F)ccc12. The predicted octanol–water partition coefficient (Wildman–Crippen LogP) is 3.64. The Balaban J connectivity index is 1.07. The molecule has 13 heteroatoms. The first-order valence-corrected chi connectivity index (χ1v) is 13.7. The molecular weight excluding hydrogens is 553 g/mol. The van der Waals surface area contributed by atoms with Crippen LogP contribution < -0.4 is 4.74 Å². The molecule has 10 nitrogen and oxygen atoms in total. The van der Waals surface area contributed by atoms with Crippen LogP contribution in [0.25, 0.3) is 21.9 Å². The number of likely N-dealkylation sites (tertiary alicyclic amines) is 2. The lowest BCUT2D eigenvalue weighted by Crippen LogP contribution is -2.44. The average molecular weight is 581 g/mol. The molecule has 2 aromatic carbocycles. The summed E-state index contributed by atoms with van der Waals surface area (Å²) in [5.41, 5.74) is 1.14. The number of carbonyl (C=O) groups is 2. The monoisotopic (exact) mass is 580 g/mol. The zero-order valence-corrected chi connectivity index (χ0v) is 22.6. The highest BCUT2D eigenvalue weighted by Crippen LogP contribution is 2.54. The van der Waals surface area contributed by atoms with Gasteiger partial charge in [-0.1, -0.05) is 0 Å². The molecule has 0 unspecified atom stereocenters. The van der Waals surface area contributed by atoms with Crippen LogP contribution in [-0.2, 0) is 10.9 Å². The molecule has 2 saturated heterocycles. The molecule has 218 valence electrons. The van der Waals surface area contributed by atoms with E-state index in [2.05, 4.69) is 20.4 Å². The van der Waals surface area contributed by atoms with E-state index in [1.54, 1.807) is 23.1 Å². The van der Waals surface area contributed by atoms with Crippen molar-refractivity contribution in [1.82, 2.24) is 30.2 Å². The van der Waals surface area contributed by atoms with Crippen molar-refractivity contribution in [3.63, 3.8) is 0 Å². The van der Waals surface area contributed by atoms with Crippen LogP contribution in [0.3, 0.4) is 0 Å². The van der Waals surface area contributed by atoms with Crippen molar-refractivity contribution in [2.75, 3.05) is 46.5 Å². The number of H-pyrrole nitrogens is 1. The van der Waals surface area contributed by atoms with Crippen molar-refractivity contribution in [2.45, 2.75) is 6.18 Å². The Morgan fingerprint density at radius 3 is 2.19 bits per heavy atom. The van der Waals surface area contributed by atoms with E-state index in [0.29, 0.717) is 60.0 Å². The Morgan fingerprint density at radius 1 is 0.857 bits per heavy atom. The number of pyridine rings is 1. The maximum atomic E-state index is 13.6. The number of nitrogens with zero attached hydrogens (tertiary/aromatic N) is 5. The smallest absolute Gasteiger partial charge is 0.416 e. The van der Waals surface area contributed by atoms with Crippen LogP contribution in [0.4, 0.5) is 13.2 Å². The number of aromatic nitrogens is 4. The molecule has 7 rings (SSSR count). The van der Waals surface area contributed by atoms with Gasteiger partial charge in [0, 0.05) is 50.3 Å². The summed E-state index contributed by atoms with van der Waals surface area (Å²) in [6.45, 7) is 2.72. The number of benzene rings is 2. The molecule has 4 atom stereocenters. The number of carbonyl (C=O) groups excluding carboxylic acids is 2. The van der Waals surface area contributed by atoms with Gasteiger partial charge in [0.15, 0.2) is 0 Å². The van der Waals surface area contributed by atoms with Crippen molar-refractivity contribution < 1.29 is 32.2 Å². The van der Waals surface area contributed by atoms with E-state index >= 15 is 0 Å². The third kappa shape index (κ3) is 4.42. The molecule has 3 aliphatic rings. The number of ether oxygens (including phenoxy) is 2. The molecule has 1 aliphatic carbocycles. The second-order valence-corrected chi connectivity index (χ2v) is 11.2. The van der Waals surface area contributed by atoms with Gasteiger partial charge in [-0.05, 0) is 60.1 Å². The molecule has 2 amide bonds. The number of aromatic amines is 1. The van der Waals surface area contributed by atoms with E-state index in [-0.39, 0.29) is 53.8 Å². The zero-order chi connectivity index (χ0) is 29.2. The van der Waals surface area contributed by atoms with E-state index in [1.165, 1.54) is 19.2 Å². The number of methoxy groups -OCH3 is 1. The fourth-order valence-electron chi connectivity index (χ4n) is 6.86. The highest BCUT2D eigenvalue weighted by atomic mass is 19.4. The molecule has 0 spiro atoms. The third-order valence-corrected chi connectivity index (χ3v) is 8.93. The minimum Gasteiger partial charge on any atom is -0.490 e. The second-order valence-electron chi connectivity index (χ2n) is 11.2. The number of hydrogen-bond donors (Lipinski definition) is 1. The first kappa shape index (κ1) is 26.6. The van der Waals surface area contributed by atoms with Crippen LogP contribution in [0.15, 0.2) is 42.5 Å². The number of rotatable bonds is 6. The number of nitrogens with one attached hydrogen (secondary N) is 1. The minimum atomic E-state index is -4.54. The Hall–Kier alpha value is -4.26. The summed E-state index contributed by atoms with van der Waals surface area (Å²) < 4.78 is 51.1. The molecule has 42 heavy (non-hydrogen) atoms. The van der Waals surface area contributed by atoms with Crippen LogP contribution in [0.1, 0.15) is 26.4 Å². The van der Waals surface area contributed by atoms with Gasteiger partial charge in [0.1, 0.15) is 29.1 Å². The summed E-state index contributed by atoms with van der Waals surface area (Å²) in [6, 6.07) is 10.0. The summed E-state index contributed by atoms with van der Waals surface area (Å²) in [4.78, 5) is 34.8. The summed E-state index contributed by atoms with van der Waals surface area (Å²) in [5.74, 6) is 0.992. The largest absolute Gasteiger partial charge is 0.490 e. The maximum absolute atomic E-state index is 13.6. The lowest BCUT2D eigenvalue weighted by atomic mass is 9.60. The average Bonchev–Trinajstić information content (AvgIpc) is 3.70. The van der Waals surface area contributed by atoms with Crippen molar-refractivity contribution in [3.05, 3.63) is 59.3 Å². The van der Waals surface area contributed by atoms with Crippen LogP contribution >= 0.6 is 0 Å². The first-order valence-electron chi connectivity index (χ1n) is 13.7. The quantitative estimate of drug-likeness (QED) is 0.347. The Labute approximate surface area is 237 Å². The summed E-state index contributed by atoms with van der Waals surface area (Å²) in [7, 11) is 1.52. The maximum Gasteiger partial charge on any atom is 0.416 e. The van der Waals surface area contributed by atoms with Gasteiger partial charge in [-0.2, -0.15) is 28.6 Å². The number of halogens is 3. The predicted molar refractivity (Wildman–Crippen MR) is 144 cm³/mol. The Bertz CT molecular complexity index is 1690. The third-order valence-electron chi connectivity index (χ3n) is 8.93. The molecule has 4 heterocycles. The van der Waals surface area contributed by atoms with Crippen molar-refractivity contribution in [3.8, 4) is 5.75 Å². The summed E-state index contributed by atoms with van der Waals surface area (Å²) in [6.07, 6.45) is -4.54. The molecule has 0 bridgehead atoms. The van der Waals surface area contributed by atoms with Crippen LogP contribution in [-0.4, -0.2) is 88.5 Å². The Kier molecular flexibility index (Phi) is 6.30. The summed E-state index contributed by atoms with van der Waals surface area (Å²) >= 11 is 0.